The van der Waals surface area contributed by atoms with E-state index >= 15 is 0 Å². The minimum Gasteiger partial charge on any atom is -0.494 e. The lowest BCUT2D eigenvalue weighted by Crippen LogP contribution is -2.42. The minimum absolute atomic E-state index is 0.244. The average Bonchev–Trinajstić information content (AvgIpc) is 3.28. The number of nitrogens with zero attached hydrogens (tertiary/aromatic N) is 1. The number of amides is 1. The van der Waals surface area contributed by atoms with Crippen LogP contribution >= 0.6 is 23.2 Å². The van der Waals surface area contributed by atoms with Crippen LogP contribution in [0.1, 0.15) is 30.6 Å². The normalized spacial score (nSPS) is 16.5. The molecule has 7 nitrogen and oxygen atoms in total. The highest BCUT2D eigenvalue weighted by molar-refractivity contribution is 6.31. The number of ether oxygens (including phenoxy) is 2. The molecule has 0 saturated heterocycles. The molecule has 0 aliphatic carbocycles. The number of aliphatic hydroxyl groups is 2. The number of allylic oxidation sites excluding steroid dienone is 2. The Morgan fingerprint density at radius 3 is 2.66 bits per heavy atom. The van der Waals surface area contributed by atoms with Crippen molar-refractivity contribution < 1.29 is 24.5 Å². The van der Waals surface area contributed by atoms with Gasteiger partial charge in [-0.2, -0.15) is 0 Å². The highest BCUT2D eigenvalue weighted by atomic mass is 35.5. The zero-order chi connectivity index (χ0) is 27.2. The van der Waals surface area contributed by atoms with Gasteiger partial charge in [-0.25, -0.2) is 4.79 Å². The molecule has 1 aliphatic heterocycles. The summed E-state index contributed by atoms with van der Waals surface area (Å²) in [7, 11) is 0. The zero-order valence-corrected chi connectivity index (χ0v) is 22.5. The number of aliphatic hydroxyl groups excluding tert-OH is 2. The molecule has 0 saturated carbocycles. The molecule has 0 bridgehead atoms. The number of carbonyl (C=O) groups excluding carboxylic acids is 1. The van der Waals surface area contributed by atoms with Crippen molar-refractivity contribution >= 4 is 40.2 Å². The van der Waals surface area contributed by atoms with Gasteiger partial charge in [0.2, 0.25) is 0 Å². The van der Waals surface area contributed by atoms with Gasteiger partial charge < -0.3 is 24.7 Å². The van der Waals surface area contributed by atoms with Gasteiger partial charge in [-0.05, 0) is 79.1 Å². The van der Waals surface area contributed by atoms with Crippen LogP contribution in [0, 0.1) is 0 Å². The van der Waals surface area contributed by atoms with E-state index in [1.807, 2.05) is 25.1 Å². The van der Waals surface area contributed by atoms with Crippen molar-refractivity contribution in [2.45, 2.75) is 31.9 Å². The topological polar surface area (TPSA) is 95.0 Å². The van der Waals surface area contributed by atoms with Crippen LogP contribution in [0.4, 0.5) is 4.79 Å². The summed E-state index contributed by atoms with van der Waals surface area (Å²) in [4.78, 5) is 18.5. The Morgan fingerprint density at radius 2 is 1.95 bits per heavy atom. The Kier molecular flexibility index (Phi) is 9.17. The Balaban J connectivity index is 1.62. The number of aromatic amines is 1. The summed E-state index contributed by atoms with van der Waals surface area (Å²) >= 11 is 12.3. The van der Waals surface area contributed by atoms with Gasteiger partial charge in [-0.15, -0.1) is 0 Å². The molecule has 3 N–H and O–H groups in total. The monoisotopic (exact) mass is 556 g/mol. The molecule has 2 atom stereocenters. The summed E-state index contributed by atoms with van der Waals surface area (Å²) in [5, 5.41) is 20.8. The predicted molar refractivity (Wildman–Crippen MR) is 150 cm³/mol. The van der Waals surface area contributed by atoms with E-state index in [1.54, 1.807) is 47.4 Å². The van der Waals surface area contributed by atoms with E-state index in [0.29, 0.717) is 46.5 Å². The second-order valence-electron chi connectivity index (χ2n) is 8.95. The second kappa shape index (κ2) is 12.5. The summed E-state index contributed by atoms with van der Waals surface area (Å²) < 4.78 is 11.4. The van der Waals surface area contributed by atoms with Gasteiger partial charge in [0, 0.05) is 39.6 Å². The van der Waals surface area contributed by atoms with Crippen LogP contribution in [0.25, 0.3) is 10.9 Å². The van der Waals surface area contributed by atoms with Crippen molar-refractivity contribution in [3.63, 3.8) is 0 Å². The number of hydrogen-bond donors (Lipinski definition) is 3. The fourth-order valence-electron chi connectivity index (χ4n) is 4.42. The van der Waals surface area contributed by atoms with Gasteiger partial charge in [-0.3, -0.25) is 4.90 Å². The van der Waals surface area contributed by atoms with Crippen molar-refractivity contribution in [2.24, 2.45) is 0 Å². The SMILES string of the molecule is C=C(/C=C\C(=C/C)OCC[C@H](O)CO)[C@H]1c2[nH]c3ccc(Cl)cc3c2CCN1C(=O)Oc1ccc(Cl)cc1. The van der Waals surface area contributed by atoms with Crippen molar-refractivity contribution in [3.8, 4) is 5.75 Å². The smallest absolute Gasteiger partial charge is 0.416 e. The van der Waals surface area contributed by atoms with E-state index in [-0.39, 0.29) is 13.2 Å². The molecule has 2 heterocycles. The average molecular weight is 557 g/mol. The fraction of sp³-hybridized carbons (Fsp3) is 0.276. The number of fused-ring (bicyclic) bond motifs is 3. The molecule has 1 aromatic heterocycles. The molecule has 1 aliphatic rings. The number of halogens is 2. The molecule has 3 aromatic rings. The number of hydrogen-bond acceptors (Lipinski definition) is 5. The molecule has 0 fully saturated rings. The van der Waals surface area contributed by atoms with E-state index in [0.717, 1.165) is 22.2 Å². The Bertz CT molecular complexity index is 1360. The van der Waals surface area contributed by atoms with E-state index in [4.69, 9.17) is 37.8 Å². The highest BCUT2D eigenvalue weighted by Crippen LogP contribution is 2.39. The third kappa shape index (κ3) is 6.42. The quantitative estimate of drug-likeness (QED) is 0.211. The molecular formula is C29H30Cl2N2O5. The Morgan fingerprint density at radius 1 is 1.21 bits per heavy atom. The maximum atomic E-state index is 13.4. The zero-order valence-electron chi connectivity index (χ0n) is 21.0. The Labute approximate surface area is 231 Å². The van der Waals surface area contributed by atoms with Crippen molar-refractivity contribution in [1.29, 1.82) is 0 Å². The molecular weight excluding hydrogens is 527 g/mol. The molecule has 0 spiro atoms. The summed E-state index contributed by atoms with van der Waals surface area (Å²) in [6.07, 6.45) is 4.95. The van der Waals surface area contributed by atoms with Crippen LogP contribution in [0.2, 0.25) is 10.0 Å². The standard InChI is InChI=1S/C29H30Cl2N2O5/c1-3-22(37-15-13-21(35)17-34)8-4-18(2)28-27-24(25-16-20(31)7-11-26(25)32-27)12-14-33(28)29(36)38-23-9-5-19(30)6-10-23/h3-11,16,21,28,32,34-35H,2,12-15,17H2,1H3/b8-4-,22-3+/t21-,28-/m0/s1. The number of rotatable bonds is 9. The first-order valence-electron chi connectivity index (χ1n) is 12.3. The molecule has 0 radical (unpaired) electrons. The van der Waals surface area contributed by atoms with Gasteiger partial charge in [0.15, 0.2) is 0 Å². The lowest BCUT2D eigenvalue weighted by Gasteiger charge is -2.35. The van der Waals surface area contributed by atoms with Crippen molar-refractivity contribution in [3.05, 3.63) is 99.9 Å². The lowest BCUT2D eigenvalue weighted by molar-refractivity contribution is 0.0661. The number of nitrogens with one attached hydrogen (secondary N) is 1. The van der Waals surface area contributed by atoms with Crippen molar-refractivity contribution in [2.75, 3.05) is 19.8 Å². The molecule has 4 rings (SSSR count). The molecule has 38 heavy (non-hydrogen) atoms. The number of carbonyl (C=O) groups is 1. The third-order valence-electron chi connectivity index (χ3n) is 6.37. The summed E-state index contributed by atoms with van der Waals surface area (Å²) in [6, 6.07) is 11.8. The van der Waals surface area contributed by atoms with E-state index in [1.165, 1.54) is 0 Å². The minimum atomic E-state index is -0.830. The van der Waals surface area contributed by atoms with Crippen LogP contribution in [-0.4, -0.2) is 52.1 Å². The highest BCUT2D eigenvalue weighted by Gasteiger charge is 2.35. The lowest BCUT2D eigenvalue weighted by atomic mass is 9.93. The number of aromatic nitrogens is 1. The summed E-state index contributed by atoms with van der Waals surface area (Å²) in [5.74, 6) is 0.967. The largest absolute Gasteiger partial charge is 0.494 e. The van der Waals surface area contributed by atoms with Crippen LogP contribution in [0.5, 0.6) is 5.75 Å². The van der Waals surface area contributed by atoms with Crippen LogP contribution in [-0.2, 0) is 11.2 Å². The van der Waals surface area contributed by atoms with Gasteiger partial charge >= 0.3 is 6.09 Å². The molecule has 2 aromatic carbocycles. The van der Waals surface area contributed by atoms with Gasteiger partial charge in [0.25, 0.3) is 0 Å². The van der Waals surface area contributed by atoms with Crippen LogP contribution in [0.15, 0.2) is 78.6 Å². The number of H-pyrrole nitrogens is 1. The first-order chi connectivity index (χ1) is 18.3. The van der Waals surface area contributed by atoms with Gasteiger partial charge in [0.1, 0.15) is 17.6 Å². The first kappa shape index (κ1) is 27.8. The van der Waals surface area contributed by atoms with Gasteiger partial charge in [-0.1, -0.05) is 35.9 Å². The van der Waals surface area contributed by atoms with Gasteiger partial charge in [0.05, 0.1) is 19.3 Å². The Hall–Kier alpha value is -3.23. The second-order valence-corrected chi connectivity index (χ2v) is 9.82. The molecule has 200 valence electrons. The fourth-order valence-corrected chi connectivity index (χ4v) is 4.72. The first-order valence-corrected chi connectivity index (χ1v) is 13.0. The summed E-state index contributed by atoms with van der Waals surface area (Å²) in [6.45, 7) is 6.47. The van der Waals surface area contributed by atoms with Crippen LogP contribution < -0.4 is 4.74 Å². The van der Waals surface area contributed by atoms with E-state index in [2.05, 4.69) is 11.6 Å². The summed E-state index contributed by atoms with van der Waals surface area (Å²) in [5.41, 5.74) is 3.51. The molecule has 1 amide bonds. The number of benzene rings is 2. The van der Waals surface area contributed by atoms with Crippen molar-refractivity contribution in [1.82, 2.24) is 9.88 Å². The molecule has 0 unspecified atom stereocenters. The predicted octanol–water partition coefficient (Wildman–Crippen LogP) is 6.35. The van der Waals surface area contributed by atoms with E-state index < -0.39 is 18.2 Å². The molecule has 9 heteroatoms. The maximum Gasteiger partial charge on any atom is 0.416 e. The van der Waals surface area contributed by atoms with E-state index in [9.17, 15) is 9.90 Å². The third-order valence-corrected chi connectivity index (χ3v) is 6.86. The van der Waals surface area contributed by atoms with Crippen LogP contribution in [0.3, 0.4) is 0 Å². The maximum absolute atomic E-state index is 13.4.